The summed E-state index contributed by atoms with van der Waals surface area (Å²) in [4.78, 5) is 11.8. The maximum atomic E-state index is 11.8. The molecule has 1 aromatic heterocycles. The lowest BCUT2D eigenvalue weighted by Gasteiger charge is -2.05. The van der Waals surface area contributed by atoms with Crippen molar-refractivity contribution < 1.29 is 9.90 Å². The van der Waals surface area contributed by atoms with Gasteiger partial charge in [-0.25, -0.2) is 0 Å². The second-order valence-electron chi connectivity index (χ2n) is 4.15. The number of nitrogens with one attached hydrogen (secondary N) is 1. The molecule has 1 heterocycles. The smallest absolute Gasteiger partial charge is 0.251 e. The number of hydrogen-bond acceptors (Lipinski definition) is 3. The SMILES string of the molecule is Cn1ccc(CCNC(=O)c2ccc(Br)c(O)c2)n1. The molecule has 2 N–H and O–H groups in total. The van der Waals surface area contributed by atoms with E-state index in [4.69, 9.17) is 0 Å². The zero-order chi connectivity index (χ0) is 13.8. The minimum atomic E-state index is -0.210. The van der Waals surface area contributed by atoms with Gasteiger partial charge in [0.1, 0.15) is 5.75 Å². The summed E-state index contributed by atoms with van der Waals surface area (Å²) < 4.78 is 2.29. The highest BCUT2D eigenvalue weighted by Crippen LogP contribution is 2.24. The summed E-state index contributed by atoms with van der Waals surface area (Å²) >= 11 is 3.17. The molecule has 0 aliphatic rings. The van der Waals surface area contributed by atoms with Crippen LogP contribution in [0.15, 0.2) is 34.9 Å². The number of rotatable bonds is 4. The number of amides is 1. The van der Waals surface area contributed by atoms with Crippen LogP contribution < -0.4 is 5.32 Å². The summed E-state index contributed by atoms with van der Waals surface area (Å²) in [5.41, 5.74) is 1.36. The second-order valence-corrected chi connectivity index (χ2v) is 5.01. The number of carbonyl (C=O) groups is 1. The van der Waals surface area contributed by atoms with Crippen molar-refractivity contribution >= 4 is 21.8 Å². The molecule has 0 radical (unpaired) electrons. The van der Waals surface area contributed by atoms with Crippen LogP contribution in [0.1, 0.15) is 16.1 Å². The van der Waals surface area contributed by atoms with E-state index >= 15 is 0 Å². The van der Waals surface area contributed by atoms with Crippen LogP contribution in [0.2, 0.25) is 0 Å². The Morgan fingerprint density at radius 3 is 2.89 bits per heavy atom. The first-order valence-electron chi connectivity index (χ1n) is 5.81. The van der Waals surface area contributed by atoms with Crippen molar-refractivity contribution in [1.82, 2.24) is 15.1 Å². The van der Waals surface area contributed by atoms with Crippen molar-refractivity contribution in [3.05, 3.63) is 46.2 Å². The maximum Gasteiger partial charge on any atom is 0.251 e. The number of aryl methyl sites for hydroxylation is 1. The largest absolute Gasteiger partial charge is 0.507 e. The van der Waals surface area contributed by atoms with Gasteiger partial charge in [-0.15, -0.1) is 0 Å². The van der Waals surface area contributed by atoms with E-state index in [1.165, 1.54) is 6.07 Å². The summed E-state index contributed by atoms with van der Waals surface area (Å²) in [6, 6.07) is 6.64. The predicted octanol–water partition coefficient (Wildman–Crippen LogP) is 1.86. The molecule has 2 aromatic rings. The van der Waals surface area contributed by atoms with Gasteiger partial charge in [0.05, 0.1) is 10.2 Å². The van der Waals surface area contributed by atoms with Crippen molar-refractivity contribution in [3.63, 3.8) is 0 Å². The number of hydrogen-bond donors (Lipinski definition) is 2. The molecule has 6 heteroatoms. The number of benzene rings is 1. The molecule has 0 fully saturated rings. The maximum absolute atomic E-state index is 11.8. The van der Waals surface area contributed by atoms with Crippen LogP contribution in [0.5, 0.6) is 5.75 Å². The molecule has 0 saturated carbocycles. The molecular weight excluding hydrogens is 310 g/mol. The van der Waals surface area contributed by atoms with E-state index in [9.17, 15) is 9.90 Å². The van der Waals surface area contributed by atoms with Crippen LogP contribution in [0.3, 0.4) is 0 Å². The van der Waals surface area contributed by atoms with Crippen molar-refractivity contribution in [2.75, 3.05) is 6.54 Å². The van der Waals surface area contributed by atoms with Gasteiger partial charge in [0.2, 0.25) is 0 Å². The van der Waals surface area contributed by atoms with Gasteiger partial charge in [-0.05, 0) is 40.2 Å². The van der Waals surface area contributed by atoms with E-state index < -0.39 is 0 Å². The quantitative estimate of drug-likeness (QED) is 0.902. The lowest BCUT2D eigenvalue weighted by atomic mass is 10.2. The fraction of sp³-hybridized carbons (Fsp3) is 0.231. The Hall–Kier alpha value is -1.82. The number of aromatic nitrogens is 2. The van der Waals surface area contributed by atoms with Crippen molar-refractivity contribution in [1.29, 1.82) is 0 Å². The molecular formula is C13H14BrN3O2. The molecule has 2 rings (SSSR count). The predicted molar refractivity (Wildman–Crippen MR) is 75.1 cm³/mol. The number of carbonyl (C=O) groups excluding carboxylic acids is 1. The first kappa shape index (κ1) is 13.6. The van der Waals surface area contributed by atoms with Gasteiger partial charge >= 0.3 is 0 Å². The van der Waals surface area contributed by atoms with Gasteiger partial charge < -0.3 is 10.4 Å². The van der Waals surface area contributed by atoms with Crippen LogP contribution in [0, 0.1) is 0 Å². The second kappa shape index (κ2) is 5.88. The van der Waals surface area contributed by atoms with Gasteiger partial charge in [-0.1, -0.05) is 0 Å². The van der Waals surface area contributed by atoms with Gasteiger partial charge in [0.25, 0.3) is 5.91 Å². The average Bonchev–Trinajstić information content (AvgIpc) is 2.78. The van der Waals surface area contributed by atoms with Crippen molar-refractivity contribution in [2.45, 2.75) is 6.42 Å². The fourth-order valence-electron chi connectivity index (χ4n) is 1.66. The van der Waals surface area contributed by atoms with Gasteiger partial charge in [-0.2, -0.15) is 5.10 Å². The molecule has 0 atom stereocenters. The topological polar surface area (TPSA) is 67.2 Å². The van der Waals surface area contributed by atoms with Gasteiger partial charge in [0.15, 0.2) is 0 Å². The summed E-state index contributed by atoms with van der Waals surface area (Å²) in [6.07, 6.45) is 2.54. The molecule has 0 bridgehead atoms. The lowest BCUT2D eigenvalue weighted by molar-refractivity contribution is 0.0953. The third kappa shape index (κ3) is 3.57. The van der Waals surface area contributed by atoms with E-state index in [-0.39, 0.29) is 11.7 Å². The summed E-state index contributed by atoms with van der Waals surface area (Å²) in [5, 5.41) is 16.5. The standard InChI is InChI=1S/C13H14BrN3O2/c1-17-7-5-10(16-17)4-6-15-13(19)9-2-3-11(14)12(18)8-9/h2-3,5,7-8,18H,4,6H2,1H3,(H,15,19). The van der Waals surface area contributed by atoms with E-state index in [1.54, 1.807) is 16.8 Å². The summed E-state index contributed by atoms with van der Waals surface area (Å²) in [6.45, 7) is 0.507. The molecule has 100 valence electrons. The highest BCUT2D eigenvalue weighted by molar-refractivity contribution is 9.10. The number of halogens is 1. The Morgan fingerprint density at radius 1 is 1.47 bits per heavy atom. The molecule has 5 nitrogen and oxygen atoms in total. The van der Waals surface area contributed by atoms with Crippen LogP contribution >= 0.6 is 15.9 Å². The molecule has 0 aliphatic carbocycles. The number of aromatic hydroxyl groups is 1. The van der Waals surface area contributed by atoms with E-state index in [0.717, 1.165) is 5.69 Å². The Kier molecular flexibility index (Phi) is 4.21. The van der Waals surface area contributed by atoms with Crippen LogP contribution in [0.4, 0.5) is 0 Å². The van der Waals surface area contributed by atoms with Crippen molar-refractivity contribution in [2.24, 2.45) is 7.05 Å². The van der Waals surface area contributed by atoms with Crippen LogP contribution in [-0.2, 0) is 13.5 Å². The molecule has 19 heavy (non-hydrogen) atoms. The summed E-state index contributed by atoms with van der Waals surface area (Å²) in [5.74, 6) is -0.156. The van der Waals surface area contributed by atoms with Gasteiger partial charge in [-0.3, -0.25) is 9.48 Å². The Balaban J connectivity index is 1.89. The zero-order valence-corrected chi connectivity index (χ0v) is 12.0. The van der Waals surface area contributed by atoms with Crippen LogP contribution in [-0.4, -0.2) is 27.3 Å². The third-order valence-corrected chi connectivity index (χ3v) is 3.31. The van der Waals surface area contributed by atoms with E-state index in [1.807, 2.05) is 19.3 Å². The molecule has 0 spiro atoms. The first-order chi connectivity index (χ1) is 9.06. The fourth-order valence-corrected chi connectivity index (χ4v) is 1.90. The Labute approximate surface area is 119 Å². The number of phenols is 1. The van der Waals surface area contributed by atoms with Crippen LogP contribution in [0.25, 0.3) is 0 Å². The molecule has 1 aromatic carbocycles. The van der Waals surface area contributed by atoms with Crippen molar-refractivity contribution in [3.8, 4) is 5.75 Å². The Morgan fingerprint density at radius 2 is 2.26 bits per heavy atom. The Bertz CT molecular complexity index is 595. The normalized spacial score (nSPS) is 10.4. The molecule has 1 amide bonds. The number of phenolic OH excluding ortho intramolecular Hbond substituents is 1. The lowest BCUT2D eigenvalue weighted by Crippen LogP contribution is -2.25. The first-order valence-corrected chi connectivity index (χ1v) is 6.61. The van der Waals surface area contributed by atoms with E-state index in [0.29, 0.717) is 23.0 Å². The molecule has 0 aliphatic heterocycles. The minimum Gasteiger partial charge on any atom is -0.507 e. The highest BCUT2D eigenvalue weighted by Gasteiger charge is 2.08. The third-order valence-electron chi connectivity index (χ3n) is 2.64. The average molecular weight is 324 g/mol. The molecule has 0 unspecified atom stereocenters. The monoisotopic (exact) mass is 323 g/mol. The number of nitrogens with zero attached hydrogens (tertiary/aromatic N) is 2. The minimum absolute atomic E-state index is 0.0531. The zero-order valence-electron chi connectivity index (χ0n) is 10.4. The van der Waals surface area contributed by atoms with Gasteiger partial charge in [0, 0.05) is 31.8 Å². The highest BCUT2D eigenvalue weighted by atomic mass is 79.9. The van der Waals surface area contributed by atoms with E-state index in [2.05, 4.69) is 26.3 Å². The molecule has 0 saturated heterocycles. The summed E-state index contributed by atoms with van der Waals surface area (Å²) in [7, 11) is 1.85.